The third-order valence-corrected chi connectivity index (χ3v) is 14.3. The number of nitrogens with one attached hydrogen (secondary N) is 1. The number of hydrogen-bond acceptors (Lipinski definition) is 10. The number of aliphatic hydroxyl groups excluding tert-OH is 5. The number of amides is 1. The first-order valence-corrected chi connectivity index (χ1v) is 31.4. The summed E-state index contributed by atoms with van der Waals surface area (Å²) in [6.07, 6.45) is 59.0. The Labute approximate surface area is 470 Å². The van der Waals surface area contributed by atoms with Gasteiger partial charge in [-0.1, -0.05) is 254 Å². The second-order valence-electron chi connectivity index (χ2n) is 21.5. The van der Waals surface area contributed by atoms with Gasteiger partial charge >= 0.3 is 5.97 Å². The molecule has 11 nitrogen and oxygen atoms in total. The molecule has 0 aromatic rings. The van der Waals surface area contributed by atoms with Crippen molar-refractivity contribution in [2.45, 2.75) is 307 Å². The van der Waals surface area contributed by atoms with Gasteiger partial charge in [-0.05, 0) is 83.5 Å². The van der Waals surface area contributed by atoms with Crippen molar-refractivity contribution >= 4 is 11.9 Å². The van der Waals surface area contributed by atoms with Crippen molar-refractivity contribution in [2.75, 3.05) is 13.2 Å². The summed E-state index contributed by atoms with van der Waals surface area (Å²) in [5.74, 6) is -1.22. The van der Waals surface area contributed by atoms with Crippen LogP contribution in [0.2, 0.25) is 0 Å². The van der Waals surface area contributed by atoms with Gasteiger partial charge in [-0.25, -0.2) is 0 Å². The summed E-state index contributed by atoms with van der Waals surface area (Å²) in [7, 11) is 0. The predicted octanol–water partition coefficient (Wildman–Crippen LogP) is 14.9. The molecule has 0 radical (unpaired) electrons. The third kappa shape index (κ3) is 41.5. The molecule has 1 rings (SSSR count). The molecular weight excluding hydrogens is 967 g/mol. The summed E-state index contributed by atoms with van der Waals surface area (Å²) in [5.41, 5.74) is 0. The van der Waals surface area contributed by atoms with Crippen molar-refractivity contribution in [3.63, 3.8) is 0 Å². The van der Waals surface area contributed by atoms with Gasteiger partial charge in [0.25, 0.3) is 0 Å². The fourth-order valence-corrected chi connectivity index (χ4v) is 9.36. The summed E-state index contributed by atoms with van der Waals surface area (Å²) in [5, 5.41) is 57.0. The van der Waals surface area contributed by atoms with Gasteiger partial charge in [0, 0.05) is 6.42 Å². The zero-order chi connectivity index (χ0) is 56.1. The Hall–Kier alpha value is -3.16. The highest BCUT2D eigenvalue weighted by Gasteiger charge is 2.47. The van der Waals surface area contributed by atoms with Crippen LogP contribution in [0.4, 0.5) is 0 Å². The van der Waals surface area contributed by atoms with E-state index in [1.165, 1.54) is 96.3 Å². The SMILES string of the molecule is CC/C=C/C=C/C=C/CCCCCCCCCC(=O)OC1C(OCC(NC(=O)C(O)CCCCCCCCC/C=C\C/C=C\C/C=C\CCCCC)C(O)/C=C/CCCCCCCCCCCCC)OC(CO)C(O)C1O. The molecule has 0 bridgehead atoms. The van der Waals surface area contributed by atoms with E-state index in [0.717, 1.165) is 116 Å². The molecule has 0 aromatic heterocycles. The molecule has 1 saturated heterocycles. The van der Waals surface area contributed by atoms with Gasteiger partial charge < -0.3 is 45.1 Å². The zero-order valence-electron chi connectivity index (χ0n) is 49.1. The summed E-state index contributed by atoms with van der Waals surface area (Å²) < 4.78 is 17.6. The lowest BCUT2D eigenvalue weighted by molar-refractivity contribution is -0.305. The molecule has 444 valence electrons. The quantitative estimate of drug-likeness (QED) is 0.0149. The molecule has 1 aliphatic rings. The van der Waals surface area contributed by atoms with Crippen molar-refractivity contribution in [1.29, 1.82) is 0 Å². The normalized spacial score (nSPS) is 19.6. The highest BCUT2D eigenvalue weighted by Crippen LogP contribution is 2.26. The second-order valence-corrected chi connectivity index (χ2v) is 21.5. The predicted molar refractivity (Wildman–Crippen MR) is 319 cm³/mol. The molecule has 8 unspecified atom stereocenters. The Morgan fingerprint density at radius 1 is 0.532 bits per heavy atom. The molecule has 11 heteroatoms. The number of esters is 1. The lowest BCUT2D eigenvalue weighted by Gasteiger charge is -2.41. The van der Waals surface area contributed by atoms with Crippen LogP contribution in [-0.2, 0) is 23.8 Å². The van der Waals surface area contributed by atoms with E-state index in [2.05, 4.69) is 92.9 Å². The minimum atomic E-state index is -1.62. The number of hydrogen-bond donors (Lipinski definition) is 6. The monoisotopic (exact) mass is 1080 g/mol. The lowest BCUT2D eigenvalue weighted by atomic mass is 9.99. The molecular formula is C66H115NO10. The first-order valence-electron chi connectivity index (χ1n) is 31.4. The maximum Gasteiger partial charge on any atom is 0.306 e. The van der Waals surface area contributed by atoms with E-state index in [4.69, 9.17) is 14.2 Å². The van der Waals surface area contributed by atoms with Crippen LogP contribution in [-0.4, -0.2) is 99.6 Å². The number of unbranched alkanes of at least 4 members (excludes halogenated alkanes) is 28. The number of carbonyl (C=O) groups excluding carboxylic acids is 2. The Bertz CT molecular complexity index is 1570. The van der Waals surface area contributed by atoms with E-state index >= 15 is 0 Å². The van der Waals surface area contributed by atoms with Gasteiger partial charge in [-0.2, -0.15) is 0 Å². The molecule has 8 atom stereocenters. The molecule has 1 heterocycles. The van der Waals surface area contributed by atoms with Gasteiger partial charge in [0.15, 0.2) is 12.4 Å². The van der Waals surface area contributed by atoms with Gasteiger partial charge in [-0.3, -0.25) is 9.59 Å². The standard InChI is InChI=1S/C66H115NO10/c1-4-7-10-13-16-19-22-25-27-28-29-30-31-33-35-38-41-44-47-50-53-59(70)65(74)67-57(58(69)52-49-46-43-40-37-34-24-21-18-15-12-9-6-3)56-75-66-64(63(73)62(72)60(55-68)76-66)77-61(71)54-51-48-45-42-39-36-32-26-23-20-17-14-11-8-5-2/h8,11,14,16-17,19-20,23,25,27,29-30,49,52,57-60,62-64,66,68-70,72-73H,4-7,9-10,12-13,15,18,21-22,24,26,28,31-48,50-51,53-56H2,1-3H3,(H,67,74)/b11-8+,17-14+,19-16-,23-20+,27-25-,30-29-,52-49+. The van der Waals surface area contributed by atoms with Crippen LogP contribution < -0.4 is 5.32 Å². The van der Waals surface area contributed by atoms with Crippen molar-refractivity contribution in [3.05, 3.63) is 85.1 Å². The fraction of sp³-hybridized carbons (Fsp3) is 0.758. The van der Waals surface area contributed by atoms with Crippen LogP contribution in [0.15, 0.2) is 85.1 Å². The van der Waals surface area contributed by atoms with Crippen LogP contribution in [0, 0.1) is 0 Å². The summed E-state index contributed by atoms with van der Waals surface area (Å²) in [4.78, 5) is 26.6. The number of carbonyl (C=O) groups is 2. The maximum absolute atomic E-state index is 13.4. The molecule has 6 N–H and O–H groups in total. The van der Waals surface area contributed by atoms with Crippen LogP contribution in [0.3, 0.4) is 0 Å². The van der Waals surface area contributed by atoms with Crippen molar-refractivity contribution in [1.82, 2.24) is 5.32 Å². The summed E-state index contributed by atoms with van der Waals surface area (Å²) >= 11 is 0. The van der Waals surface area contributed by atoms with Gasteiger partial charge in [0.1, 0.15) is 24.4 Å². The smallest absolute Gasteiger partial charge is 0.306 e. The van der Waals surface area contributed by atoms with Crippen LogP contribution in [0.5, 0.6) is 0 Å². The largest absolute Gasteiger partial charge is 0.454 e. The zero-order valence-corrected chi connectivity index (χ0v) is 49.1. The third-order valence-electron chi connectivity index (χ3n) is 14.3. The Morgan fingerprint density at radius 2 is 0.987 bits per heavy atom. The number of rotatable bonds is 52. The molecule has 0 spiro atoms. The van der Waals surface area contributed by atoms with E-state index in [1.807, 2.05) is 12.2 Å². The van der Waals surface area contributed by atoms with Gasteiger partial charge in [-0.15, -0.1) is 0 Å². The van der Waals surface area contributed by atoms with E-state index in [-0.39, 0.29) is 19.4 Å². The maximum atomic E-state index is 13.4. The average Bonchev–Trinajstić information content (AvgIpc) is 3.43. The first kappa shape index (κ1) is 71.9. The molecule has 1 amide bonds. The minimum absolute atomic E-state index is 0.106. The molecule has 1 fully saturated rings. The Morgan fingerprint density at radius 3 is 1.53 bits per heavy atom. The molecule has 77 heavy (non-hydrogen) atoms. The van der Waals surface area contributed by atoms with Crippen molar-refractivity contribution in [3.8, 4) is 0 Å². The topological polar surface area (TPSA) is 175 Å². The van der Waals surface area contributed by atoms with E-state index in [0.29, 0.717) is 12.8 Å². The Kier molecular flexibility index (Phi) is 49.9. The Balaban J connectivity index is 2.70. The average molecular weight is 1080 g/mol. The van der Waals surface area contributed by atoms with Gasteiger partial charge in [0.05, 0.1) is 25.4 Å². The van der Waals surface area contributed by atoms with Crippen LogP contribution in [0.25, 0.3) is 0 Å². The highest BCUT2D eigenvalue weighted by atomic mass is 16.7. The molecule has 1 aliphatic heterocycles. The number of allylic oxidation sites excluding steroid dienone is 13. The molecule has 0 aromatic carbocycles. The van der Waals surface area contributed by atoms with Gasteiger partial charge in [0.2, 0.25) is 5.91 Å². The van der Waals surface area contributed by atoms with Crippen LogP contribution in [0.1, 0.15) is 258 Å². The second kappa shape index (κ2) is 53.5. The van der Waals surface area contributed by atoms with E-state index < -0.39 is 67.4 Å². The number of aliphatic hydroxyl groups is 5. The van der Waals surface area contributed by atoms with Crippen LogP contribution >= 0.6 is 0 Å². The van der Waals surface area contributed by atoms with E-state index in [9.17, 15) is 35.1 Å². The summed E-state index contributed by atoms with van der Waals surface area (Å²) in [6.45, 7) is 5.62. The van der Waals surface area contributed by atoms with Crippen molar-refractivity contribution < 1.29 is 49.3 Å². The molecule has 0 saturated carbocycles. The lowest BCUT2D eigenvalue weighted by Crippen LogP contribution is -2.61. The molecule has 0 aliphatic carbocycles. The van der Waals surface area contributed by atoms with E-state index in [1.54, 1.807) is 6.08 Å². The fourth-order valence-electron chi connectivity index (χ4n) is 9.36. The summed E-state index contributed by atoms with van der Waals surface area (Å²) in [6, 6.07) is -1.03. The highest BCUT2D eigenvalue weighted by molar-refractivity contribution is 5.80. The first-order chi connectivity index (χ1) is 37.7. The number of ether oxygens (including phenoxy) is 3. The minimum Gasteiger partial charge on any atom is -0.454 e. The van der Waals surface area contributed by atoms with Crippen molar-refractivity contribution in [2.24, 2.45) is 0 Å².